The van der Waals surface area contributed by atoms with Gasteiger partial charge in [0.2, 0.25) is 0 Å². The molecule has 0 aromatic heterocycles. The van der Waals surface area contributed by atoms with Crippen molar-refractivity contribution in [1.82, 2.24) is 5.32 Å². The van der Waals surface area contributed by atoms with E-state index < -0.39 is 11.9 Å². The summed E-state index contributed by atoms with van der Waals surface area (Å²) in [6.45, 7) is 2.09. The Bertz CT molecular complexity index is 383. The van der Waals surface area contributed by atoms with Crippen molar-refractivity contribution in [2.24, 2.45) is 0 Å². The lowest BCUT2D eigenvalue weighted by atomic mass is 10.0. The summed E-state index contributed by atoms with van der Waals surface area (Å²) >= 11 is 5.67. The minimum atomic E-state index is -0.660. The van der Waals surface area contributed by atoms with Gasteiger partial charge in [0.15, 0.2) is 0 Å². The molecule has 1 saturated heterocycles. The van der Waals surface area contributed by atoms with Crippen molar-refractivity contribution in [3.05, 3.63) is 34.6 Å². The van der Waals surface area contributed by atoms with E-state index >= 15 is 0 Å². The fraction of sp³-hybridized carbons (Fsp3) is 0.500. The highest BCUT2D eigenvalue weighted by molar-refractivity contribution is 6.30. The third-order valence-electron chi connectivity index (χ3n) is 2.83. The van der Waals surface area contributed by atoms with E-state index in [1.54, 1.807) is 6.07 Å². The van der Waals surface area contributed by atoms with Gasteiger partial charge in [0.1, 0.15) is 5.82 Å². The van der Waals surface area contributed by atoms with Crippen molar-refractivity contribution in [3.8, 4) is 0 Å². The number of benzene rings is 1. The maximum absolute atomic E-state index is 13.0. The van der Waals surface area contributed by atoms with Crippen molar-refractivity contribution in [1.29, 1.82) is 0 Å². The maximum Gasteiger partial charge on any atom is 0.141 e. The molecule has 1 aromatic carbocycles. The molecule has 2 atom stereocenters. The summed E-state index contributed by atoms with van der Waals surface area (Å²) in [6.07, 6.45) is -0.130. The Balaban J connectivity index is 1.98. The highest BCUT2D eigenvalue weighted by Gasteiger charge is 2.19. The quantitative estimate of drug-likeness (QED) is 0.871. The number of ether oxygens (including phenoxy) is 1. The van der Waals surface area contributed by atoms with Crippen molar-refractivity contribution in [3.63, 3.8) is 0 Å². The van der Waals surface area contributed by atoms with Gasteiger partial charge in [-0.25, -0.2) is 4.39 Å². The lowest BCUT2D eigenvalue weighted by Crippen LogP contribution is -2.42. The molecule has 1 fully saturated rings. The topological polar surface area (TPSA) is 41.5 Å². The number of halogens is 2. The Kier molecular flexibility index (Phi) is 4.34. The Morgan fingerprint density at radius 2 is 2.41 bits per heavy atom. The molecule has 2 unspecified atom stereocenters. The van der Waals surface area contributed by atoms with E-state index in [-0.39, 0.29) is 11.1 Å². The van der Waals surface area contributed by atoms with E-state index in [9.17, 15) is 9.50 Å². The zero-order chi connectivity index (χ0) is 12.3. The Labute approximate surface area is 105 Å². The first-order valence-corrected chi connectivity index (χ1v) is 5.99. The first-order valence-electron chi connectivity index (χ1n) is 5.61. The molecule has 5 heteroatoms. The number of morpholine rings is 1. The Hall–Kier alpha value is -0.680. The standard InChI is InChI=1S/C12H15ClFNO2/c13-10-5-8(1-2-11(10)14)12(16)6-9-7-17-4-3-15-9/h1-2,5,9,12,15-16H,3-4,6-7H2. The first kappa shape index (κ1) is 12.8. The number of aliphatic hydroxyl groups excluding tert-OH is 1. The highest BCUT2D eigenvalue weighted by Crippen LogP contribution is 2.24. The fourth-order valence-electron chi connectivity index (χ4n) is 1.90. The van der Waals surface area contributed by atoms with Gasteiger partial charge in [-0.3, -0.25) is 0 Å². The summed E-state index contributed by atoms with van der Waals surface area (Å²) in [5, 5.41) is 13.3. The largest absolute Gasteiger partial charge is 0.388 e. The summed E-state index contributed by atoms with van der Waals surface area (Å²) in [6, 6.07) is 4.41. The van der Waals surface area contributed by atoms with Crippen LogP contribution in [0.1, 0.15) is 18.1 Å². The second kappa shape index (κ2) is 5.78. The van der Waals surface area contributed by atoms with Crippen LogP contribution in [0.15, 0.2) is 18.2 Å². The van der Waals surface area contributed by atoms with Gasteiger partial charge in [0, 0.05) is 12.6 Å². The lowest BCUT2D eigenvalue weighted by Gasteiger charge is -2.26. The minimum absolute atomic E-state index is 0.0365. The van der Waals surface area contributed by atoms with Crippen LogP contribution < -0.4 is 5.32 Å². The molecule has 2 rings (SSSR count). The van der Waals surface area contributed by atoms with Gasteiger partial charge in [-0.15, -0.1) is 0 Å². The lowest BCUT2D eigenvalue weighted by molar-refractivity contribution is 0.0519. The van der Waals surface area contributed by atoms with Gasteiger partial charge < -0.3 is 15.2 Å². The predicted octanol–water partition coefficient (Wildman–Crippen LogP) is 1.89. The zero-order valence-corrected chi connectivity index (χ0v) is 10.1. The van der Waals surface area contributed by atoms with E-state index in [4.69, 9.17) is 16.3 Å². The second-order valence-electron chi connectivity index (χ2n) is 4.15. The van der Waals surface area contributed by atoms with E-state index in [1.165, 1.54) is 12.1 Å². The number of rotatable bonds is 3. The molecule has 0 aliphatic carbocycles. The summed E-state index contributed by atoms with van der Waals surface area (Å²) in [7, 11) is 0. The SMILES string of the molecule is OC(CC1COCCN1)c1ccc(F)c(Cl)c1. The van der Waals surface area contributed by atoms with Gasteiger partial charge in [-0.05, 0) is 24.1 Å². The zero-order valence-electron chi connectivity index (χ0n) is 9.33. The molecular formula is C12H15ClFNO2. The first-order chi connectivity index (χ1) is 8.16. The number of nitrogens with one attached hydrogen (secondary N) is 1. The van der Waals surface area contributed by atoms with Crippen LogP contribution in [0.4, 0.5) is 4.39 Å². The van der Waals surface area contributed by atoms with Crippen LogP contribution in [0, 0.1) is 5.82 Å². The Morgan fingerprint density at radius 3 is 3.06 bits per heavy atom. The molecule has 17 heavy (non-hydrogen) atoms. The van der Waals surface area contributed by atoms with Gasteiger partial charge in [-0.2, -0.15) is 0 Å². The second-order valence-corrected chi connectivity index (χ2v) is 4.56. The average Bonchev–Trinajstić information content (AvgIpc) is 2.34. The molecule has 1 heterocycles. The van der Waals surface area contributed by atoms with Crippen molar-refractivity contribution in [2.75, 3.05) is 19.8 Å². The molecule has 94 valence electrons. The third kappa shape index (κ3) is 3.39. The molecule has 3 nitrogen and oxygen atoms in total. The minimum Gasteiger partial charge on any atom is -0.388 e. The fourth-order valence-corrected chi connectivity index (χ4v) is 2.09. The predicted molar refractivity (Wildman–Crippen MR) is 63.6 cm³/mol. The molecular weight excluding hydrogens is 245 g/mol. The van der Waals surface area contributed by atoms with E-state index in [0.29, 0.717) is 25.2 Å². The monoisotopic (exact) mass is 259 g/mol. The summed E-state index contributed by atoms with van der Waals surface area (Å²) < 4.78 is 18.3. The Morgan fingerprint density at radius 1 is 1.59 bits per heavy atom. The normalized spacial score (nSPS) is 22.4. The smallest absolute Gasteiger partial charge is 0.141 e. The van der Waals surface area contributed by atoms with E-state index in [2.05, 4.69) is 5.32 Å². The van der Waals surface area contributed by atoms with Gasteiger partial charge >= 0.3 is 0 Å². The number of aliphatic hydroxyl groups is 1. The van der Waals surface area contributed by atoms with E-state index in [1.807, 2.05) is 0 Å². The summed E-state index contributed by atoms with van der Waals surface area (Å²) in [4.78, 5) is 0. The molecule has 1 aromatic rings. The average molecular weight is 260 g/mol. The van der Waals surface area contributed by atoms with Crippen LogP contribution in [0.3, 0.4) is 0 Å². The highest BCUT2D eigenvalue weighted by atomic mass is 35.5. The van der Waals surface area contributed by atoms with Crippen LogP contribution in [-0.4, -0.2) is 30.9 Å². The molecule has 0 saturated carbocycles. The third-order valence-corrected chi connectivity index (χ3v) is 3.12. The van der Waals surface area contributed by atoms with Crippen molar-refractivity contribution < 1.29 is 14.2 Å². The van der Waals surface area contributed by atoms with Crippen LogP contribution in [0.2, 0.25) is 5.02 Å². The summed E-state index contributed by atoms with van der Waals surface area (Å²) in [5.74, 6) is -0.471. The number of hydrogen-bond acceptors (Lipinski definition) is 3. The van der Waals surface area contributed by atoms with Crippen molar-refractivity contribution >= 4 is 11.6 Å². The maximum atomic E-state index is 13.0. The summed E-state index contributed by atoms with van der Waals surface area (Å²) in [5.41, 5.74) is 0.628. The van der Waals surface area contributed by atoms with Gasteiger partial charge in [-0.1, -0.05) is 17.7 Å². The van der Waals surface area contributed by atoms with Crippen LogP contribution in [-0.2, 0) is 4.74 Å². The molecule has 0 spiro atoms. The van der Waals surface area contributed by atoms with Crippen LogP contribution in [0.25, 0.3) is 0 Å². The molecule has 2 N–H and O–H groups in total. The molecule has 0 radical (unpaired) electrons. The van der Waals surface area contributed by atoms with Gasteiger partial charge in [0.25, 0.3) is 0 Å². The molecule has 1 aliphatic rings. The molecule has 0 amide bonds. The van der Waals surface area contributed by atoms with Gasteiger partial charge in [0.05, 0.1) is 24.3 Å². The van der Waals surface area contributed by atoms with Crippen LogP contribution in [0.5, 0.6) is 0 Å². The van der Waals surface area contributed by atoms with Crippen molar-refractivity contribution in [2.45, 2.75) is 18.6 Å². The van der Waals surface area contributed by atoms with Crippen LogP contribution >= 0.6 is 11.6 Å². The number of hydrogen-bond donors (Lipinski definition) is 2. The van der Waals surface area contributed by atoms with E-state index in [0.717, 1.165) is 6.54 Å². The molecule has 0 bridgehead atoms. The molecule has 1 aliphatic heterocycles.